The van der Waals surface area contributed by atoms with E-state index in [9.17, 15) is 5.11 Å². The lowest BCUT2D eigenvalue weighted by Gasteiger charge is -2.42. The number of likely N-dealkylation sites (tertiary alicyclic amines) is 1. The van der Waals surface area contributed by atoms with Gasteiger partial charge < -0.3 is 14.7 Å². The first-order chi connectivity index (χ1) is 15.6. The highest BCUT2D eigenvalue weighted by Crippen LogP contribution is 2.41. The van der Waals surface area contributed by atoms with Crippen molar-refractivity contribution in [2.24, 2.45) is 11.8 Å². The fourth-order valence-electron chi connectivity index (χ4n) is 4.92. The van der Waals surface area contributed by atoms with Crippen LogP contribution < -0.4 is 4.74 Å². The van der Waals surface area contributed by atoms with E-state index in [1.54, 1.807) is 0 Å². The predicted molar refractivity (Wildman–Crippen MR) is 131 cm³/mol. The smallest absolute Gasteiger partial charge is 0.119 e. The molecule has 0 aliphatic carbocycles. The monoisotopic (exact) mass is 429 g/mol. The van der Waals surface area contributed by atoms with Gasteiger partial charge in [0, 0.05) is 12.5 Å². The molecule has 3 aromatic rings. The number of rotatable bonds is 8. The number of aliphatic hydroxyl groups is 1. The maximum Gasteiger partial charge on any atom is 0.119 e. The summed E-state index contributed by atoms with van der Waals surface area (Å²) < 4.78 is 5.99. The SMILES string of the molecule is Cc1ccc(OCC(C)CN2CCC(C(O)(c3ccccc3)c3ccccc3)CC2)cc1. The fourth-order valence-corrected chi connectivity index (χ4v) is 4.92. The van der Waals surface area contributed by atoms with Crippen LogP contribution in [-0.4, -0.2) is 36.2 Å². The van der Waals surface area contributed by atoms with Gasteiger partial charge in [0.2, 0.25) is 0 Å². The summed E-state index contributed by atoms with van der Waals surface area (Å²) in [5, 5.41) is 12.0. The molecule has 1 N–H and O–H groups in total. The number of nitrogens with zero attached hydrogens (tertiary/aromatic N) is 1. The second-order valence-electron chi connectivity index (χ2n) is 9.30. The van der Waals surface area contributed by atoms with Crippen LogP contribution in [0, 0.1) is 18.8 Å². The number of piperidine rings is 1. The Kier molecular flexibility index (Phi) is 7.29. The molecular weight excluding hydrogens is 394 g/mol. The van der Waals surface area contributed by atoms with Crippen molar-refractivity contribution in [3.05, 3.63) is 102 Å². The van der Waals surface area contributed by atoms with E-state index < -0.39 is 5.60 Å². The van der Waals surface area contributed by atoms with Gasteiger partial charge in [-0.15, -0.1) is 0 Å². The molecule has 3 nitrogen and oxygen atoms in total. The number of hydrogen-bond donors (Lipinski definition) is 1. The van der Waals surface area contributed by atoms with Gasteiger partial charge in [-0.2, -0.15) is 0 Å². The van der Waals surface area contributed by atoms with Gasteiger partial charge in [-0.25, -0.2) is 0 Å². The lowest BCUT2D eigenvalue weighted by Crippen LogP contribution is -2.45. The molecule has 4 rings (SSSR count). The molecule has 0 spiro atoms. The van der Waals surface area contributed by atoms with Crippen LogP contribution in [0.4, 0.5) is 0 Å². The molecule has 1 aliphatic heterocycles. The molecule has 1 saturated heterocycles. The Morgan fingerprint density at radius 2 is 1.41 bits per heavy atom. The molecule has 0 bridgehead atoms. The van der Waals surface area contributed by atoms with Crippen molar-refractivity contribution < 1.29 is 9.84 Å². The molecule has 168 valence electrons. The zero-order valence-electron chi connectivity index (χ0n) is 19.3. The largest absolute Gasteiger partial charge is 0.493 e. The van der Waals surface area contributed by atoms with Crippen LogP contribution in [0.3, 0.4) is 0 Å². The molecule has 0 amide bonds. The minimum absolute atomic E-state index is 0.197. The average molecular weight is 430 g/mol. The Morgan fingerprint density at radius 3 is 1.94 bits per heavy atom. The summed E-state index contributed by atoms with van der Waals surface area (Å²) in [5.74, 6) is 1.59. The molecule has 1 unspecified atom stereocenters. The summed E-state index contributed by atoms with van der Waals surface area (Å²) >= 11 is 0. The van der Waals surface area contributed by atoms with Gasteiger partial charge in [-0.3, -0.25) is 0 Å². The first kappa shape index (κ1) is 22.6. The molecule has 1 atom stereocenters. The summed E-state index contributed by atoms with van der Waals surface area (Å²) in [6.07, 6.45) is 1.96. The van der Waals surface area contributed by atoms with Crippen molar-refractivity contribution in [2.45, 2.75) is 32.3 Å². The van der Waals surface area contributed by atoms with Crippen LogP contribution in [-0.2, 0) is 5.60 Å². The quantitative estimate of drug-likeness (QED) is 0.502. The average Bonchev–Trinajstić information content (AvgIpc) is 2.85. The van der Waals surface area contributed by atoms with Crippen molar-refractivity contribution in [2.75, 3.05) is 26.2 Å². The molecule has 0 saturated carbocycles. The summed E-state index contributed by atoms with van der Waals surface area (Å²) in [6.45, 7) is 8.09. The van der Waals surface area contributed by atoms with Gasteiger partial charge in [0.05, 0.1) is 6.61 Å². The van der Waals surface area contributed by atoms with Crippen LogP contribution in [0.5, 0.6) is 5.75 Å². The molecular formula is C29H35NO2. The number of hydrogen-bond acceptors (Lipinski definition) is 3. The lowest BCUT2D eigenvalue weighted by atomic mass is 9.72. The molecule has 1 heterocycles. The van der Waals surface area contributed by atoms with Gasteiger partial charge in [-0.1, -0.05) is 85.3 Å². The summed E-state index contributed by atoms with van der Waals surface area (Å²) in [6, 6.07) is 28.6. The highest BCUT2D eigenvalue weighted by Gasteiger charge is 2.41. The summed E-state index contributed by atoms with van der Waals surface area (Å²) in [5.41, 5.74) is 2.28. The maximum atomic E-state index is 12.0. The van der Waals surface area contributed by atoms with Crippen molar-refractivity contribution >= 4 is 0 Å². The Morgan fingerprint density at radius 1 is 0.875 bits per heavy atom. The zero-order valence-corrected chi connectivity index (χ0v) is 19.3. The maximum absolute atomic E-state index is 12.0. The van der Waals surface area contributed by atoms with E-state index in [1.807, 2.05) is 48.5 Å². The molecule has 3 aromatic carbocycles. The van der Waals surface area contributed by atoms with Crippen LogP contribution >= 0.6 is 0 Å². The molecule has 0 aromatic heterocycles. The molecule has 1 aliphatic rings. The van der Waals surface area contributed by atoms with Crippen LogP contribution in [0.2, 0.25) is 0 Å². The highest BCUT2D eigenvalue weighted by molar-refractivity contribution is 5.37. The lowest BCUT2D eigenvalue weighted by molar-refractivity contribution is -0.0164. The first-order valence-electron chi connectivity index (χ1n) is 11.8. The van der Waals surface area contributed by atoms with Crippen molar-refractivity contribution in [3.8, 4) is 5.75 Å². The molecule has 3 heteroatoms. The Labute approximate surface area is 192 Å². The number of aryl methyl sites for hydroxylation is 1. The van der Waals surface area contributed by atoms with Gasteiger partial charge >= 0.3 is 0 Å². The van der Waals surface area contributed by atoms with E-state index in [4.69, 9.17) is 4.74 Å². The van der Waals surface area contributed by atoms with E-state index in [-0.39, 0.29) is 5.92 Å². The number of ether oxygens (including phenoxy) is 1. The minimum atomic E-state index is -0.950. The van der Waals surface area contributed by atoms with E-state index in [2.05, 4.69) is 55.1 Å². The second kappa shape index (κ2) is 10.3. The first-order valence-corrected chi connectivity index (χ1v) is 11.8. The molecule has 32 heavy (non-hydrogen) atoms. The van der Waals surface area contributed by atoms with Crippen LogP contribution in [0.25, 0.3) is 0 Å². The van der Waals surface area contributed by atoms with Crippen molar-refractivity contribution in [1.29, 1.82) is 0 Å². The van der Waals surface area contributed by atoms with E-state index in [0.717, 1.165) is 56.0 Å². The third-order valence-electron chi connectivity index (χ3n) is 6.73. The Balaban J connectivity index is 1.36. The topological polar surface area (TPSA) is 32.7 Å². The second-order valence-corrected chi connectivity index (χ2v) is 9.30. The van der Waals surface area contributed by atoms with Gasteiger partial charge in [0.1, 0.15) is 11.4 Å². The van der Waals surface area contributed by atoms with Crippen LogP contribution in [0.1, 0.15) is 36.5 Å². The number of benzene rings is 3. The van der Waals surface area contributed by atoms with E-state index in [1.165, 1.54) is 5.56 Å². The molecule has 1 fully saturated rings. The fraction of sp³-hybridized carbons (Fsp3) is 0.379. The third-order valence-corrected chi connectivity index (χ3v) is 6.73. The summed E-state index contributed by atoms with van der Waals surface area (Å²) in [7, 11) is 0. The highest BCUT2D eigenvalue weighted by atomic mass is 16.5. The van der Waals surface area contributed by atoms with E-state index >= 15 is 0 Å². The van der Waals surface area contributed by atoms with Crippen molar-refractivity contribution in [3.63, 3.8) is 0 Å². The van der Waals surface area contributed by atoms with Crippen molar-refractivity contribution in [1.82, 2.24) is 4.90 Å². The Bertz CT molecular complexity index is 908. The van der Waals surface area contributed by atoms with Gasteiger partial charge in [0.15, 0.2) is 0 Å². The Hall–Kier alpha value is -2.62. The predicted octanol–water partition coefficient (Wildman–Crippen LogP) is 5.66. The van der Waals surface area contributed by atoms with Gasteiger partial charge in [0.25, 0.3) is 0 Å². The molecule has 0 radical (unpaired) electrons. The zero-order chi connectivity index (χ0) is 22.4. The normalized spacial score (nSPS) is 16.6. The van der Waals surface area contributed by atoms with Crippen LogP contribution in [0.15, 0.2) is 84.9 Å². The third kappa shape index (κ3) is 5.23. The minimum Gasteiger partial charge on any atom is -0.493 e. The van der Waals surface area contributed by atoms with E-state index in [0.29, 0.717) is 5.92 Å². The van der Waals surface area contributed by atoms with Gasteiger partial charge in [-0.05, 0) is 62.0 Å². The summed E-state index contributed by atoms with van der Waals surface area (Å²) in [4.78, 5) is 2.52. The standard InChI is InChI=1S/C29H35NO2/c1-23-13-15-28(16-14-23)32-22-24(2)21-30-19-17-27(18-20-30)29(31,25-9-5-3-6-10-25)26-11-7-4-8-12-26/h3-16,24,27,31H,17-22H2,1-2H3.